The van der Waals surface area contributed by atoms with E-state index in [9.17, 15) is 9.18 Å². The van der Waals surface area contributed by atoms with E-state index < -0.39 is 0 Å². The van der Waals surface area contributed by atoms with Gasteiger partial charge in [0.25, 0.3) is 5.91 Å². The summed E-state index contributed by atoms with van der Waals surface area (Å²) >= 11 is 0. The predicted molar refractivity (Wildman–Crippen MR) is 94.2 cm³/mol. The third-order valence-corrected chi connectivity index (χ3v) is 4.25. The average molecular weight is 335 g/mol. The Morgan fingerprint density at radius 3 is 2.64 bits per heavy atom. The maximum atomic E-state index is 13.2. The van der Waals surface area contributed by atoms with Gasteiger partial charge in [-0.05, 0) is 50.1 Å². The molecule has 0 bridgehead atoms. The second-order valence-electron chi connectivity index (χ2n) is 6.43. The van der Waals surface area contributed by atoms with Crippen molar-refractivity contribution < 1.29 is 9.18 Å². The number of hydrogen-bond acceptors (Lipinski definition) is 2. The number of amides is 1. The lowest BCUT2D eigenvalue weighted by Crippen LogP contribution is -2.25. The molecule has 3 aromatic rings. The van der Waals surface area contributed by atoms with Crippen LogP contribution in [0.4, 0.5) is 4.39 Å². The molecule has 1 aliphatic carbocycles. The monoisotopic (exact) mass is 335 g/mol. The maximum absolute atomic E-state index is 13.2. The Bertz CT molecular complexity index is 926. The summed E-state index contributed by atoms with van der Waals surface area (Å²) in [6.07, 6.45) is 3.76. The summed E-state index contributed by atoms with van der Waals surface area (Å²) in [6, 6.07) is 14.2. The number of nitrogens with one attached hydrogen (secondary N) is 1. The van der Waals surface area contributed by atoms with E-state index in [0.717, 1.165) is 24.0 Å². The summed E-state index contributed by atoms with van der Waals surface area (Å²) < 4.78 is 14.8. The van der Waals surface area contributed by atoms with Crippen molar-refractivity contribution in [3.8, 4) is 16.9 Å². The first-order valence-corrected chi connectivity index (χ1v) is 8.34. The first kappa shape index (κ1) is 15.6. The second kappa shape index (κ2) is 6.16. The molecule has 0 unspecified atom stereocenters. The first-order chi connectivity index (χ1) is 12.1. The molecule has 0 spiro atoms. The molecule has 25 heavy (non-hydrogen) atoms. The van der Waals surface area contributed by atoms with Crippen LogP contribution in [0.15, 0.2) is 54.7 Å². The van der Waals surface area contributed by atoms with Gasteiger partial charge in [-0.15, -0.1) is 0 Å². The van der Waals surface area contributed by atoms with Crippen LogP contribution >= 0.6 is 0 Å². The van der Waals surface area contributed by atoms with Gasteiger partial charge in [0.1, 0.15) is 11.5 Å². The van der Waals surface area contributed by atoms with Crippen molar-refractivity contribution in [2.24, 2.45) is 0 Å². The Labute approximate surface area is 145 Å². The molecule has 1 fully saturated rings. The van der Waals surface area contributed by atoms with Crippen molar-refractivity contribution in [1.29, 1.82) is 0 Å². The highest BCUT2D eigenvalue weighted by Gasteiger charge is 2.26. The molecule has 1 saturated carbocycles. The van der Waals surface area contributed by atoms with Crippen LogP contribution in [0.3, 0.4) is 0 Å². The fourth-order valence-electron chi connectivity index (χ4n) is 2.76. The number of aromatic nitrogens is 2. The highest BCUT2D eigenvalue weighted by molar-refractivity contribution is 6.00. The molecule has 5 heteroatoms. The molecule has 0 radical (unpaired) electrons. The van der Waals surface area contributed by atoms with Gasteiger partial charge in [-0.25, -0.2) is 9.07 Å². The van der Waals surface area contributed by atoms with Crippen LogP contribution in [0.1, 0.15) is 28.8 Å². The summed E-state index contributed by atoms with van der Waals surface area (Å²) in [4.78, 5) is 12.6. The number of carbonyl (C=O) groups is 1. The highest BCUT2D eigenvalue weighted by Crippen LogP contribution is 2.26. The number of hydrogen-bond donors (Lipinski definition) is 1. The summed E-state index contributed by atoms with van der Waals surface area (Å²) in [5.74, 6) is -0.422. The number of aryl methyl sites for hydroxylation is 1. The lowest BCUT2D eigenvalue weighted by molar-refractivity contribution is 0.0951. The SMILES string of the molecule is Cc1cccc(-c2nn(-c3ccc(F)cc3)cc2C(=O)NC2CC2)c1. The van der Waals surface area contributed by atoms with E-state index in [1.807, 2.05) is 31.2 Å². The van der Waals surface area contributed by atoms with Gasteiger partial charge in [-0.2, -0.15) is 5.10 Å². The van der Waals surface area contributed by atoms with Gasteiger partial charge in [-0.3, -0.25) is 4.79 Å². The maximum Gasteiger partial charge on any atom is 0.255 e. The number of benzene rings is 2. The Morgan fingerprint density at radius 2 is 1.96 bits per heavy atom. The molecule has 0 aliphatic heterocycles. The van der Waals surface area contributed by atoms with Crippen LogP contribution < -0.4 is 5.32 Å². The van der Waals surface area contributed by atoms with Crippen molar-refractivity contribution >= 4 is 5.91 Å². The third-order valence-electron chi connectivity index (χ3n) is 4.25. The van der Waals surface area contributed by atoms with E-state index in [4.69, 9.17) is 0 Å². The lowest BCUT2D eigenvalue weighted by Gasteiger charge is -2.04. The van der Waals surface area contributed by atoms with Gasteiger partial charge in [-0.1, -0.05) is 23.8 Å². The van der Waals surface area contributed by atoms with Crippen molar-refractivity contribution in [2.75, 3.05) is 0 Å². The van der Waals surface area contributed by atoms with Crippen molar-refractivity contribution in [3.63, 3.8) is 0 Å². The van der Waals surface area contributed by atoms with Crippen molar-refractivity contribution in [1.82, 2.24) is 15.1 Å². The van der Waals surface area contributed by atoms with Crippen LogP contribution in [-0.4, -0.2) is 21.7 Å². The predicted octanol–water partition coefficient (Wildman–Crippen LogP) is 3.88. The molecule has 0 saturated heterocycles. The lowest BCUT2D eigenvalue weighted by atomic mass is 10.1. The molecular weight excluding hydrogens is 317 g/mol. The van der Waals surface area contributed by atoms with E-state index in [-0.39, 0.29) is 17.8 Å². The molecule has 4 rings (SSSR count). The van der Waals surface area contributed by atoms with Gasteiger partial charge in [0.2, 0.25) is 0 Å². The minimum absolute atomic E-state index is 0.118. The van der Waals surface area contributed by atoms with Crippen molar-refractivity contribution in [2.45, 2.75) is 25.8 Å². The van der Waals surface area contributed by atoms with Crippen LogP contribution in [0.2, 0.25) is 0 Å². The second-order valence-corrected chi connectivity index (χ2v) is 6.43. The number of nitrogens with zero attached hydrogens (tertiary/aromatic N) is 2. The average Bonchev–Trinajstić information content (AvgIpc) is 3.30. The minimum Gasteiger partial charge on any atom is -0.349 e. The molecule has 4 nitrogen and oxygen atoms in total. The molecule has 2 aromatic carbocycles. The number of rotatable bonds is 4. The Hall–Kier alpha value is -2.95. The minimum atomic E-state index is -0.304. The van der Waals surface area contributed by atoms with Crippen molar-refractivity contribution in [3.05, 3.63) is 71.7 Å². The Balaban J connectivity index is 1.79. The van der Waals surface area contributed by atoms with E-state index in [1.54, 1.807) is 23.0 Å². The summed E-state index contributed by atoms with van der Waals surface area (Å²) in [5.41, 5.74) is 3.86. The fraction of sp³-hybridized carbons (Fsp3) is 0.200. The topological polar surface area (TPSA) is 46.9 Å². The molecular formula is C20H18FN3O. The van der Waals surface area contributed by atoms with E-state index in [2.05, 4.69) is 10.4 Å². The number of halogens is 1. The van der Waals surface area contributed by atoms with Gasteiger partial charge in [0.05, 0.1) is 11.3 Å². The Morgan fingerprint density at radius 1 is 1.20 bits per heavy atom. The molecule has 1 aliphatic rings. The van der Waals surface area contributed by atoms with E-state index >= 15 is 0 Å². The van der Waals surface area contributed by atoms with Crippen LogP contribution in [0, 0.1) is 12.7 Å². The third kappa shape index (κ3) is 3.31. The van der Waals surface area contributed by atoms with Gasteiger partial charge in [0.15, 0.2) is 0 Å². The highest BCUT2D eigenvalue weighted by atomic mass is 19.1. The van der Waals surface area contributed by atoms with Crippen LogP contribution in [0.25, 0.3) is 16.9 Å². The zero-order chi connectivity index (χ0) is 17.4. The summed E-state index contributed by atoms with van der Waals surface area (Å²) in [7, 11) is 0. The van der Waals surface area contributed by atoms with Gasteiger partial charge < -0.3 is 5.32 Å². The molecule has 1 heterocycles. The fourth-order valence-corrected chi connectivity index (χ4v) is 2.76. The first-order valence-electron chi connectivity index (χ1n) is 8.34. The molecule has 0 atom stereocenters. The quantitative estimate of drug-likeness (QED) is 0.786. The zero-order valence-corrected chi connectivity index (χ0v) is 13.9. The Kier molecular flexibility index (Phi) is 3.84. The zero-order valence-electron chi connectivity index (χ0n) is 13.9. The molecule has 1 amide bonds. The molecule has 1 N–H and O–H groups in total. The van der Waals surface area contributed by atoms with E-state index in [1.165, 1.54) is 12.1 Å². The molecule has 126 valence electrons. The number of carbonyl (C=O) groups excluding carboxylic acids is 1. The summed E-state index contributed by atoms with van der Waals surface area (Å²) in [5, 5.41) is 7.62. The molecule has 1 aromatic heterocycles. The normalized spacial score (nSPS) is 13.7. The van der Waals surface area contributed by atoms with Crippen LogP contribution in [0.5, 0.6) is 0 Å². The smallest absolute Gasteiger partial charge is 0.255 e. The largest absolute Gasteiger partial charge is 0.349 e. The standard InChI is InChI=1S/C20H18FN3O/c1-13-3-2-4-14(11-13)19-18(20(25)22-16-7-8-16)12-24(23-19)17-9-5-15(21)6-10-17/h2-6,9-12,16H,7-8H2,1H3,(H,22,25). The summed E-state index contributed by atoms with van der Waals surface area (Å²) in [6.45, 7) is 2.00. The van der Waals surface area contributed by atoms with Crippen LogP contribution in [-0.2, 0) is 0 Å². The van der Waals surface area contributed by atoms with E-state index in [0.29, 0.717) is 16.9 Å². The van der Waals surface area contributed by atoms with Gasteiger partial charge >= 0.3 is 0 Å². The van der Waals surface area contributed by atoms with Gasteiger partial charge in [0, 0.05) is 17.8 Å².